The van der Waals surface area contributed by atoms with Crippen LogP contribution in [-0.2, 0) is 0 Å². The number of unbranched alkanes of at least 4 members (excludes halogenated alkanes) is 6. The van der Waals surface area contributed by atoms with Crippen molar-refractivity contribution in [3.05, 3.63) is 48.5 Å². The molecule has 0 fully saturated rings. The normalized spacial score (nSPS) is 10.8. The van der Waals surface area contributed by atoms with Crippen LogP contribution in [0.3, 0.4) is 0 Å². The lowest BCUT2D eigenvalue weighted by molar-refractivity contribution is 0.272. The lowest BCUT2D eigenvalue weighted by Gasteiger charge is -2.15. The second-order valence-electron chi connectivity index (χ2n) is 6.96. The Morgan fingerprint density at radius 2 is 0.893 bits per heavy atom. The summed E-state index contributed by atoms with van der Waals surface area (Å²) in [5, 5.41) is 17.7. The molecule has 2 N–H and O–H groups in total. The van der Waals surface area contributed by atoms with E-state index < -0.39 is 0 Å². The Bertz CT molecular complexity index is 599. The van der Waals surface area contributed by atoms with Crippen LogP contribution in [0.4, 0.5) is 0 Å². The van der Waals surface area contributed by atoms with Crippen LogP contribution in [0.2, 0.25) is 0 Å². The first kappa shape index (κ1) is 22.3. The van der Waals surface area contributed by atoms with Crippen LogP contribution in [0.25, 0.3) is 11.1 Å². The summed E-state index contributed by atoms with van der Waals surface area (Å²) in [4.78, 5) is 0. The quantitative estimate of drug-likeness (QED) is 0.412. The largest absolute Gasteiger partial charge is 0.493 e. The first-order valence-corrected chi connectivity index (χ1v) is 10.5. The molecule has 0 bridgehead atoms. The molecule has 2 aromatic rings. The second-order valence-corrected chi connectivity index (χ2v) is 6.96. The van der Waals surface area contributed by atoms with Gasteiger partial charge < -0.3 is 19.7 Å². The molecule has 0 spiro atoms. The molecule has 4 heteroatoms. The van der Waals surface area contributed by atoms with Crippen LogP contribution in [0, 0.1) is 0 Å². The zero-order valence-electron chi connectivity index (χ0n) is 16.8. The van der Waals surface area contributed by atoms with Gasteiger partial charge in [0.1, 0.15) is 11.5 Å². The van der Waals surface area contributed by atoms with Crippen molar-refractivity contribution in [2.75, 3.05) is 26.4 Å². The monoisotopic (exact) mass is 386 g/mol. The first-order valence-electron chi connectivity index (χ1n) is 10.5. The lowest BCUT2D eigenvalue weighted by Crippen LogP contribution is -2.01. The van der Waals surface area contributed by atoms with E-state index in [0.717, 1.165) is 74.0 Å². The van der Waals surface area contributed by atoms with E-state index in [4.69, 9.17) is 19.7 Å². The molecule has 0 atom stereocenters. The van der Waals surface area contributed by atoms with Crippen molar-refractivity contribution in [1.82, 2.24) is 0 Å². The van der Waals surface area contributed by atoms with Crippen molar-refractivity contribution in [3.63, 3.8) is 0 Å². The predicted molar refractivity (Wildman–Crippen MR) is 114 cm³/mol. The number of para-hydroxylation sites is 2. The SMILES string of the molecule is OCCCCCCOc1ccccc1-c1ccccc1OCCCCCCO. The van der Waals surface area contributed by atoms with Gasteiger partial charge in [-0.15, -0.1) is 0 Å². The van der Waals surface area contributed by atoms with E-state index in [9.17, 15) is 0 Å². The molecular formula is C24H34O4. The Kier molecular flexibility index (Phi) is 11.1. The van der Waals surface area contributed by atoms with Crippen LogP contribution >= 0.6 is 0 Å². The van der Waals surface area contributed by atoms with E-state index in [-0.39, 0.29) is 13.2 Å². The van der Waals surface area contributed by atoms with E-state index in [0.29, 0.717) is 13.2 Å². The van der Waals surface area contributed by atoms with Gasteiger partial charge >= 0.3 is 0 Å². The van der Waals surface area contributed by atoms with Crippen LogP contribution < -0.4 is 9.47 Å². The number of hydrogen-bond acceptors (Lipinski definition) is 4. The number of ether oxygens (including phenoxy) is 2. The van der Waals surface area contributed by atoms with Gasteiger partial charge in [0.05, 0.1) is 13.2 Å². The summed E-state index contributed by atoms with van der Waals surface area (Å²) in [6, 6.07) is 16.2. The molecule has 0 aliphatic rings. The molecule has 0 aliphatic carbocycles. The smallest absolute Gasteiger partial charge is 0.127 e. The summed E-state index contributed by atoms with van der Waals surface area (Å²) in [6.07, 6.45) is 7.91. The maximum Gasteiger partial charge on any atom is 0.127 e. The standard InChI is InChI=1S/C24H34O4/c25-17-9-1-3-11-19-27-23-15-7-5-13-21(23)22-14-6-8-16-24(22)28-20-12-4-2-10-18-26/h5-8,13-16,25-26H,1-4,9-12,17-20H2. The molecule has 4 nitrogen and oxygen atoms in total. The van der Waals surface area contributed by atoms with Crippen molar-refractivity contribution < 1.29 is 19.7 Å². The van der Waals surface area contributed by atoms with Crippen LogP contribution in [0.15, 0.2) is 48.5 Å². The highest BCUT2D eigenvalue weighted by atomic mass is 16.5. The van der Waals surface area contributed by atoms with Gasteiger partial charge in [0.25, 0.3) is 0 Å². The second kappa shape index (κ2) is 14.0. The first-order chi connectivity index (χ1) is 13.9. The van der Waals surface area contributed by atoms with Crippen LogP contribution in [0.1, 0.15) is 51.4 Å². The summed E-state index contributed by atoms with van der Waals surface area (Å²) in [6.45, 7) is 1.89. The third kappa shape index (κ3) is 7.91. The van der Waals surface area contributed by atoms with Gasteiger partial charge in [0.2, 0.25) is 0 Å². The van der Waals surface area contributed by atoms with Gasteiger partial charge in [0.15, 0.2) is 0 Å². The Hall–Kier alpha value is -2.04. The fraction of sp³-hybridized carbons (Fsp3) is 0.500. The third-order valence-corrected chi connectivity index (χ3v) is 4.68. The molecular weight excluding hydrogens is 352 g/mol. The van der Waals surface area contributed by atoms with Gasteiger partial charge in [-0.25, -0.2) is 0 Å². The zero-order valence-corrected chi connectivity index (χ0v) is 16.8. The van der Waals surface area contributed by atoms with Gasteiger partial charge in [-0.1, -0.05) is 49.2 Å². The third-order valence-electron chi connectivity index (χ3n) is 4.68. The molecule has 154 valence electrons. The average molecular weight is 387 g/mol. The Morgan fingerprint density at radius 3 is 1.32 bits per heavy atom. The number of hydrogen-bond donors (Lipinski definition) is 2. The number of benzene rings is 2. The maximum atomic E-state index is 8.85. The van der Waals surface area contributed by atoms with Gasteiger partial charge in [0, 0.05) is 24.3 Å². The summed E-state index contributed by atoms with van der Waals surface area (Å²) in [7, 11) is 0. The van der Waals surface area contributed by atoms with Gasteiger partial charge in [-0.3, -0.25) is 0 Å². The van der Waals surface area contributed by atoms with E-state index >= 15 is 0 Å². The molecule has 0 aromatic heterocycles. The number of rotatable bonds is 15. The Morgan fingerprint density at radius 1 is 0.500 bits per heavy atom. The lowest BCUT2D eigenvalue weighted by atomic mass is 10.0. The minimum absolute atomic E-state index is 0.266. The summed E-state index contributed by atoms with van der Waals surface area (Å²) in [5.74, 6) is 1.76. The molecule has 0 unspecified atom stereocenters. The molecule has 0 saturated carbocycles. The summed E-state index contributed by atoms with van der Waals surface area (Å²) < 4.78 is 12.1. The highest BCUT2D eigenvalue weighted by Gasteiger charge is 2.11. The molecule has 0 aliphatic heterocycles. The molecule has 2 rings (SSSR count). The fourth-order valence-corrected chi connectivity index (χ4v) is 3.13. The topological polar surface area (TPSA) is 58.9 Å². The molecule has 0 radical (unpaired) electrons. The Balaban J connectivity index is 1.95. The molecule has 0 amide bonds. The van der Waals surface area contributed by atoms with Crippen molar-refractivity contribution in [2.45, 2.75) is 51.4 Å². The molecule has 28 heavy (non-hydrogen) atoms. The highest BCUT2D eigenvalue weighted by molar-refractivity contribution is 5.75. The predicted octanol–water partition coefficient (Wildman–Crippen LogP) is 5.22. The van der Waals surface area contributed by atoms with Crippen molar-refractivity contribution in [1.29, 1.82) is 0 Å². The van der Waals surface area contributed by atoms with Crippen LogP contribution in [-0.4, -0.2) is 36.6 Å². The van der Waals surface area contributed by atoms with E-state index in [2.05, 4.69) is 12.1 Å². The van der Waals surface area contributed by atoms with Crippen molar-refractivity contribution >= 4 is 0 Å². The summed E-state index contributed by atoms with van der Waals surface area (Å²) in [5.41, 5.74) is 2.10. The van der Waals surface area contributed by atoms with Crippen molar-refractivity contribution in [2.24, 2.45) is 0 Å². The van der Waals surface area contributed by atoms with Crippen LogP contribution in [0.5, 0.6) is 11.5 Å². The fourth-order valence-electron chi connectivity index (χ4n) is 3.13. The van der Waals surface area contributed by atoms with Crippen molar-refractivity contribution in [3.8, 4) is 22.6 Å². The van der Waals surface area contributed by atoms with Gasteiger partial charge in [-0.2, -0.15) is 0 Å². The minimum Gasteiger partial charge on any atom is -0.493 e. The van der Waals surface area contributed by atoms with E-state index in [1.54, 1.807) is 0 Å². The van der Waals surface area contributed by atoms with Gasteiger partial charge in [-0.05, 0) is 50.7 Å². The zero-order chi connectivity index (χ0) is 19.9. The molecule has 2 aromatic carbocycles. The highest BCUT2D eigenvalue weighted by Crippen LogP contribution is 2.36. The average Bonchev–Trinajstić information content (AvgIpc) is 2.74. The van der Waals surface area contributed by atoms with E-state index in [1.807, 2.05) is 36.4 Å². The number of aliphatic hydroxyl groups excluding tert-OH is 2. The van der Waals surface area contributed by atoms with E-state index in [1.165, 1.54) is 0 Å². The minimum atomic E-state index is 0.266. The number of aliphatic hydroxyl groups is 2. The Labute approximate surface area is 169 Å². The summed E-state index contributed by atoms with van der Waals surface area (Å²) >= 11 is 0. The molecule has 0 saturated heterocycles. The maximum absolute atomic E-state index is 8.85. The molecule has 0 heterocycles.